The van der Waals surface area contributed by atoms with Gasteiger partial charge in [-0.1, -0.05) is 4.33 Å². The van der Waals surface area contributed by atoms with E-state index < -0.39 is 27.3 Å². The van der Waals surface area contributed by atoms with Gasteiger partial charge in [-0.3, -0.25) is 0 Å². The summed E-state index contributed by atoms with van der Waals surface area (Å²) in [7, 11) is -3.66. The molecule has 1 N–H and O–H groups in total. The van der Waals surface area contributed by atoms with Crippen LogP contribution < -0.4 is 0 Å². The number of hydrogen-bond acceptors (Lipinski definition) is 6. The maximum absolute atomic E-state index is 10.9. The van der Waals surface area contributed by atoms with E-state index in [0.717, 1.165) is 6.26 Å². The van der Waals surface area contributed by atoms with Gasteiger partial charge in [0.25, 0.3) is 10.1 Å². The quantitative estimate of drug-likeness (QED) is 0.603. The van der Waals surface area contributed by atoms with E-state index in [1.54, 1.807) is 0 Å². The van der Waals surface area contributed by atoms with Crippen LogP contribution in [0.2, 0.25) is 0 Å². The molecule has 1 aliphatic rings. The third-order valence-corrected chi connectivity index (χ3v) is 3.11. The molecule has 0 atom stereocenters. The smallest absolute Gasteiger partial charge is 0.292 e. The number of nitrogens with zero attached hydrogens (tertiary/aromatic N) is 1. The summed E-state index contributed by atoms with van der Waals surface area (Å²) in [5.41, 5.74) is -1.02. The fourth-order valence-electron chi connectivity index (χ4n) is 2.50. The largest absolute Gasteiger partial charge is 0.393 e. The van der Waals surface area contributed by atoms with Gasteiger partial charge >= 0.3 is 0 Å². The number of rotatable bonds is 3. The second-order valence-corrected chi connectivity index (χ2v) is 7.37. The number of aliphatic hydroxyl groups is 1. The zero-order chi connectivity index (χ0) is 13.5. The summed E-state index contributed by atoms with van der Waals surface area (Å²) in [5, 5.41) is 11.3. The number of hydrogen-bond donors (Lipinski definition) is 1. The summed E-state index contributed by atoms with van der Waals surface area (Å²) in [4.78, 5) is 4.96. The molecule has 0 aromatic carbocycles. The highest BCUT2D eigenvalue weighted by atomic mass is 32.2. The molecular weight excluding hydrogens is 246 g/mol. The van der Waals surface area contributed by atoms with Crippen LogP contribution in [0, 0.1) is 0 Å². The summed E-state index contributed by atoms with van der Waals surface area (Å²) < 4.78 is 26.3. The monoisotopic (exact) mass is 267 g/mol. The summed E-state index contributed by atoms with van der Waals surface area (Å²) in [6, 6.07) is 0. The average Bonchev–Trinajstić information content (AvgIpc) is 1.94. The van der Waals surface area contributed by atoms with E-state index in [9.17, 15) is 13.5 Å². The lowest BCUT2D eigenvalue weighted by Gasteiger charge is -2.51. The standard InChI is InChI=1S/C10H21NO5S/c1-9(2)6-8(12)7-10(3,4)11(9)15-16-17(5,13)14/h8,12H,6-7H2,1-5H3. The number of hydroxylamine groups is 2. The highest BCUT2D eigenvalue weighted by Crippen LogP contribution is 2.38. The first kappa shape index (κ1) is 14.8. The van der Waals surface area contributed by atoms with Crippen LogP contribution >= 0.6 is 0 Å². The fourth-order valence-corrected chi connectivity index (χ4v) is 2.67. The fraction of sp³-hybridized carbons (Fsp3) is 1.00. The van der Waals surface area contributed by atoms with Crippen LogP contribution in [0.5, 0.6) is 0 Å². The van der Waals surface area contributed by atoms with Crippen molar-refractivity contribution in [2.24, 2.45) is 0 Å². The molecule has 102 valence electrons. The summed E-state index contributed by atoms with van der Waals surface area (Å²) in [6.07, 6.45) is 1.47. The van der Waals surface area contributed by atoms with Crippen LogP contribution in [0.1, 0.15) is 40.5 Å². The summed E-state index contributed by atoms with van der Waals surface area (Å²) in [6.45, 7) is 7.46. The third-order valence-electron chi connectivity index (χ3n) is 2.80. The zero-order valence-electron chi connectivity index (χ0n) is 10.9. The molecule has 0 spiro atoms. The van der Waals surface area contributed by atoms with Crippen molar-refractivity contribution in [1.82, 2.24) is 5.06 Å². The maximum Gasteiger partial charge on any atom is 0.292 e. The predicted molar refractivity (Wildman–Crippen MR) is 62.3 cm³/mol. The van der Waals surface area contributed by atoms with Gasteiger partial charge in [0.2, 0.25) is 0 Å². The molecule has 1 aliphatic heterocycles. The van der Waals surface area contributed by atoms with Gasteiger partial charge < -0.3 is 5.11 Å². The van der Waals surface area contributed by atoms with Crippen molar-refractivity contribution in [2.75, 3.05) is 6.26 Å². The van der Waals surface area contributed by atoms with Gasteiger partial charge in [0.15, 0.2) is 0 Å². The molecule has 0 aliphatic carbocycles. The van der Waals surface area contributed by atoms with Gasteiger partial charge in [-0.2, -0.15) is 8.42 Å². The van der Waals surface area contributed by atoms with Crippen LogP contribution in [-0.2, 0) is 19.4 Å². The van der Waals surface area contributed by atoms with Crippen molar-refractivity contribution in [3.05, 3.63) is 0 Å². The minimum atomic E-state index is -3.66. The SMILES string of the molecule is CC1(C)CC(O)CC(C)(C)N1OOS(C)(=O)=O. The van der Waals surface area contributed by atoms with Crippen LogP contribution in [0.25, 0.3) is 0 Å². The van der Waals surface area contributed by atoms with Crippen molar-refractivity contribution in [3.63, 3.8) is 0 Å². The topological polar surface area (TPSA) is 76.1 Å². The van der Waals surface area contributed by atoms with Gasteiger partial charge in [-0.05, 0) is 40.5 Å². The van der Waals surface area contributed by atoms with Crippen molar-refractivity contribution in [2.45, 2.75) is 57.7 Å². The van der Waals surface area contributed by atoms with E-state index >= 15 is 0 Å². The Bertz CT molecular complexity index is 358. The van der Waals surface area contributed by atoms with Crippen LogP contribution in [0.4, 0.5) is 0 Å². The Kier molecular flexibility index (Phi) is 3.91. The molecule has 0 saturated carbocycles. The lowest BCUT2D eigenvalue weighted by atomic mass is 9.80. The third kappa shape index (κ3) is 3.89. The van der Waals surface area contributed by atoms with E-state index in [1.165, 1.54) is 5.06 Å². The highest BCUT2D eigenvalue weighted by Gasteiger charge is 2.47. The first-order valence-electron chi connectivity index (χ1n) is 5.49. The lowest BCUT2D eigenvalue weighted by Crippen LogP contribution is -2.61. The Morgan fingerprint density at radius 2 is 1.59 bits per heavy atom. The minimum absolute atomic E-state index is 0.432. The van der Waals surface area contributed by atoms with E-state index in [1.807, 2.05) is 27.7 Å². The molecule has 0 aromatic rings. The van der Waals surface area contributed by atoms with Gasteiger partial charge in [0, 0.05) is 11.1 Å². The van der Waals surface area contributed by atoms with Gasteiger partial charge in [-0.25, -0.2) is 0 Å². The van der Waals surface area contributed by atoms with Crippen molar-refractivity contribution < 1.29 is 22.8 Å². The van der Waals surface area contributed by atoms with E-state index in [-0.39, 0.29) is 0 Å². The molecule has 6 nitrogen and oxygen atoms in total. The number of aliphatic hydroxyl groups excluding tert-OH is 1. The summed E-state index contributed by atoms with van der Waals surface area (Å²) in [5.74, 6) is 0. The van der Waals surface area contributed by atoms with E-state index in [2.05, 4.69) is 4.33 Å². The van der Waals surface area contributed by atoms with Crippen molar-refractivity contribution in [3.8, 4) is 0 Å². The van der Waals surface area contributed by atoms with Crippen LogP contribution in [0.15, 0.2) is 0 Å². The van der Waals surface area contributed by atoms with Crippen LogP contribution in [-0.4, -0.2) is 42.0 Å². The molecule has 17 heavy (non-hydrogen) atoms. The Balaban J connectivity index is 2.86. The average molecular weight is 267 g/mol. The first-order valence-corrected chi connectivity index (χ1v) is 7.30. The van der Waals surface area contributed by atoms with Gasteiger partial charge in [0.1, 0.15) is 0 Å². The summed E-state index contributed by atoms with van der Waals surface area (Å²) >= 11 is 0. The predicted octanol–water partition coefficient (Wildman–Crippen LogP) is 0.823. The second kappa shape index (κ2) is 4.47. The van der Waals surface area contributed by atoms with E-state index in [0.29, 0.717) is 12.8 Å². The Labute approximate surface area is 103 Å². The van der Waals surface area contributed by atoms with Crippen molar-refractivity contribution in [1.29, 1.82) is 0 Å². The minimum Gasteiger partial charge on any atom is -0.393 e. The molecule has 1 heterocycles. The molecule has 0 aromatic heterocycles. The second-order valence-electron chi connectivity index (χ2n) is 5.83. The lowest BCUT2D eigenvalue weighted by molar-refractivity contribution is -0.431. The molecule has 0 bridgehead atoms. The Hall–Kier alpha value is -0.210. The van der Waals surface area contributed by atoms with Crippen LogP contribution in [0.3, 0.4) is 0 Å². The molecule has 1 rings (SSSR count). The molecule has 1 saturated heterocycles. The normalized spacial score (nSPS) is 26.0. The molecular formula is C10H21NO5S. The molecule has 0 unspecified atom stereocenters. The van der Waals surface area contributed by atoms with E-state index in [4.69, 9.17) is 4.99 Å². The Morgan fingerprint density at radius 1 is 1.18 bits per heavy atom. The van der Waals surface area contributed by atoms with Gasteiger partial charge in [0.05, 0.1) is 12.4 Å². The van der Waals surface area contributed by atoms with Gasteiger partial charge in [-0.15, -0.1) is 10.1 Å². The molecule has 0 radical (unpaired) electrons. The number of piperidine rings is 1. The zero-order valence-corrected chi connectivity index (χ0v) is 11.7. The maximum atomic E-state index is 10.9. The Morgan fingerprint density at radius 3 is 1.94 bits per heavy atom. The highest BCUT2D eigenvalue weighted by molar-refractivity contribution is 7.85. The molecule has 0 amide bonds. The van der Waals surface area contributed by atoms with Crippen molar-refractivity contribution >= 4 is 10.1 Å². The molecule has 7 heteroatoms. The first-order chi connectivity index (χ1) is 7.44. The molecule has 1 fully saturated rings.